The molecule has 3 N–H and O–H groups in total. The Morgan fingerprint density at radius 2 is 1.87 bits per heavy atom. The van der Waals surface area contributed by atoms with E-state index in [9.17, 15) is 19.5 Å². The number of carboxylic acids is 1. The summed E-state index contributed by atoms with van der Waals surface area (Å²) in [5.41, 5.74) is 0.960. The van der Waals surface area contributed by atoms with Gasteiger partial charge in [-0.05, 0) is 26.0 Å². The van der Waals surface area contributed by atoms with Gasteiger partial charge in [0.05, 0.1) is 13.2 Å². The fourth-order valence-electron chi connectivity index (χ4n) is 3.63. The highest BCUT2D eigenvalue weighted by Gasteiger charge is 2.39. The van der Waals surface area contributed by atoms with Crippen LogP contribution in [0.15, 0.2) is 24.3 Å². The predicted octanol–water partition coefficient (Wildman–Crippen LogP) is 0.541. The third kappa shape index (κ3) is 6.18. The van der Waals surface area contributed by atoms with E-state index < -0.39 is 24.1 Å². The van der Waals surface area contributed by atoms with E-state index in [1.807, 2.05) is 43.0 Å². The Morgan fingerprint density at radius 1 is 1.19 bits per heavy atom. The number of hydrogen-bond donors (Lipinski definition) is 3. The fourth-order valence-corrected chi connectivity index (χ4v) is 3.63. The van der Waals surface area contributed by atoms with Gasteiger partial charge in [-0.2, -0.15) is 0 Å². The molecule has 1 aromatic rings. The third-order valence-electron chi connectivity index (χ3n) is 5.68. The number of benzene rings is 1. The summed E-state index contributed by atoms with van der Waals surface area (Å²) < 4.78 is 5.39. The predicted molar refractivity (Wildman–Crippen MR) is 117 cm³/mol. The Labute approximate surface area is 183 Å². The minimum Gasteiger partial charge on any atom is -0.496 e. The number of para-hydroxylation sites is 1. The largest absolute Gasteiger partial charge is 0.496 e. The van der Waals surface area contributed by atoms with Crippen molar-refractivity contribution in [3.05, 3.63) is 29.8 Å². The van der Waals surface area contributed by atoms with E-state index in [-0.39, 0.29) is 30.8 Å². The molecule has 0 aliphatic carbocycles. The van der Waals surface area contributed by atoms with Crippen LogP contribution in [0.4, 0.5) is 0 Å². The molecule has 3 atom stereocenters. The van der Waals surface area contributed by atoms with Crippen LogP contribution in [0.3, 0.4) is 0 Å². The number of nitrogens with zero attached hydrogens (tertiary/aromatic N) is 2. The fraction of sp³-hybridized carbons (Fsp3) is 0.591. The van der Waals surface area contributed by atoms with Gasteiger partial charge in [-0.3, -0.25) is 14.5 Å². The molecule has 0 saturated carbocycles. The van der Waals surface area contributed by atoms with Gasteiger partial charge < -0.3 is 25.4 Å². The molecule has 0 aromatic heterocycles. The topological polar surface area (TPSA) is 111 Å². The highest BCUT2D eigenvalue weighted by Crippen LogP contribution is 2.22. The summed E-state index contributed by atoms with van der Waals surface area (Å²) in [6.07, 6.45) is 0. The molecule has 0 unspecified atom stereocenters. The van der Waals surface area contributed by atoms with Crippen LogP contribution in [-0.4, -0.2) is 84.6 Å². The van der Waals surface area contributed by atoms with Gasteiger partial charge in [0, 0.05) is 31.7 Å². The molecule has 9 nitrogen and oxygen atoms in total. The standard InChI is InChI=1S/C22H34N4O5/c1-14(2)19(24-20(27)15(3)23-4)21(28)26-11-10-25(13-17(26)22(29)30)12-16-8-6-7-9-18(16)31-5/h6-9,14-15,17,19,23H,10-13H2,1-5H3,(H,24,27)(H,29,30)/t15-,17-,19-/m0/s1. The van der Waals surface area contributed by atoms with Gasteiger partial charge in [-0.1, -0.05) is 32.0 Å². The van der Waals surface area contributed by atoms with Crippen molar-refractivity contribution in [2.75, 3.05) is 33.8 Å². The van der Waals surface area contributed by atoms with Gasteiger partial charge >= 0.3 is 5.97 Å². The second-order valence-electron chi connectivity index (χ2n) is 8.17. The molecule has 2 rings (SSSR count). The van der Waals surface area contributed by atoms with Gasteiger partial charge in [0.15, 0.2) is 0 Å². The van der Waals surface area contributed by atoms with E-state index in [2.05, 4.69) is 10.6 Å². The molecule has 1 aromatic carbocycles. The molecular weight excluding hydrogens is 400 g/mol. The lowest BCUT2D eigenvalue weighted by Gasteiger charge is -2.41. The Balaban J connectivity index is 2.14. The number of piperazine rings is 1. The van der Waals surface area contributed by atoms with E-state index in [4.69, 9.17) is 4.74 Å². The Hall–Kier alpha value is -2.65. The van der Waals surface area contributed by atoms with Gasteiger partial charge in [0.25, 0.3) is 0 Å². The Kier molecular flexibility index (Phi) is 8.82. The Morgan fingerprint density at radius 3 is 2.45 bits per heavy atom. The van der Waals surface area contributed by atoms with Crippen LogP contribution in [-0.2, 0) is 20.9 Å². The zero-order chi connectivity index (χ0) is 23.1. The van der Waals surface area contributed by atoms with Gasteiger partial charge in [-0.15, -0.1) is 0 Å². The lowest BCUT2D eigenvalue weighted by atomic mass is 10.00. The SMILES string of the molecule is CN[C@@H](C)C(=O)N[C@H](C(=O)N1CCN(Cc2ccccc2OC)C[C@H]1C(=O)O)C(C)C. The van der Waals surface area contributed by atoms with E-state index in [1.165, 1.54) is 4.90 Å². The first kappa shape index (κ1) is 24.6. The second kappa shape index (κ2) is 11.1. The summed E-state index contributed by atoms with van der Waals surface area (Å²) in [5.74, 6) is -1.15. The molecule has 31 heavy (non-hydrogen) atoms. The summed E-state index contributed by atoms with van der Waals surface area (Å²) in [6.45, 7) is 6.89. The quantitative estimate of drug-likeness (QED) is 0.520. The number of methoxy groups -OCH3 is 1. The van der Waals surface area contributed by atoms with E-state index in [1.54, 1.807) is 21.1 Å². The number of ether oxygens (including phenoxy) is 1. The summed E-state index contributed by atoms with van der Waals surface area (Å²) in [7, 11) is 3.27. The number of amides is 2. The summed E-state index contributed by atoms with van der Waals surface area (Å²) in [4.78, 5) is 41.0. The van der Waals surface area contributed by atoms with Gasteiger partial charge in [0.1, 0.15) is 17.8 Å². The van der Waals surface area contributed by atoms with E-state index >= 15 is 0 Å². The Bertz CT molecular complexity index is 785. The highest BCUT2D eigenvalue weighted by atomic mass is 16.5. The first-order valence-corrected chi connectivity index (χ1v) is 10.5. The van der Waals surface area contributed by atoms with Crippen LogP contribution in [0.1, 0.15) is 26.3 Å². The summed E-state index contributed by atoms with van der Waals surface area (Å²) in [6, 6.07) is 5.37. The molecule has 0 spiro atoms. The van der Waals surface area contributed by atoms with E-state index in [0.717, 1.165) is 11.3 Å². The molecule has 1 heterocycles. The molecular formula is C22H34N4O5. The number of likely N-dealkylation sites (N-methyl/N-ethyl adjacent to an activating group) is 1. The zero-order valence-corrected chi connectivity index (χ0v) is 18.9. The van der Waals surface area contributed by atoms with Crippen LogP contribution >= 0.6 is 0 Å². The van der Waals surface area contributed by atoms with Crippen LogP contribution < -0.4 is 15.4 Å². The smallest absolute Gasteiger partial charge is 0.327 e. The maximum Gasteiger partial charge on any atom is 0.327 e. The molecule has 1 aliphatic heterocycles. The van der Waals surface area contributed by atoms with Crippen LogP contribution in [0.25, 0.3) is 0 Å². The molecule has 1 fully saturated rings. The molecule has 2 amide bonds. The van der Waals surface area contributed by atoms with Crippen molar-refractivity contribution >= 4 is 17.8 Å². The second-order valence-corrected chi connectivity index (χ2v) is 8.17. The zero-order valence-electron chi connectivity index (χ0n) is 18.9. The van der Waals surface area contributed by atoms with Crippen molar-refractivity contribution in [1.82, 2.24) is 20.4 Å². The summed E-state index contributed by atoms with van der Waals surface area (Å²) in [5, 5.41) is 15.4. The number of carboxylic acid groups (broad SMARTS) is 1. The minimum absolute atomic E-state index is 0.179. The number of carbonyl (C=O) groups excluding carboxylic acids is 2. The van der Waals surface area contributed by atoms with Crippen molar-refractivity contribution in [2.45, 2.75) is 45.4 Å². The maximum atomic E-state index is 13.3. The minimum atomic E-state index is -1.06. The highest BCUT2D eigenvalue weighted by molar-refractivity contribution is 5.92. The molecule has 1 saturated heterocycles. The summed E-state index contributed by atoms with van der Waals surface area (Å²) >= 11 is 0. The average Bonchev–Trinajstić information content (AvgIpc) is 2.76. The average molecular weight is 435 g/mol. The number of nitrogens with one attached hydrogen (secondary N) is 2. The molecule has 1 aliphatic rings. The third-order valence-corrected chi connectivity index (χ3v) is 5.68. The lowest BCUT2D eigenvalue weighted by Crippen LogP contribution is -2.63. The van der Waals surface area contributed by atoms with E-state index in [0.29, 0.717) is 13.1 Å². The van der Waals surface area contributed by atoms with Crippen LogP contribution in [0, 0.1) is 5.92 Å². The number of hydrogen-bond acceptors (Lipinski definition) is 6. The first-order chi connectivity index (χ1) is 14.7. The van der Waals surface area contributed by atoms with Crippen molar-refractivity contribution in [2.24, 2.45) is 5.92 Å². The number of rotatable bonds is 9. The molecule has 9 heteroatoms. The van der Waals surface area contributed by atoms with Crippen LogP contribution in [0.2, 0.25) is 0 Å². The van der Waals surface area contributed by atoms with Crippen LogP contribution in [0.5, 0.6) is 5.75 Å². The first-order valence-electron chi connectivity index (χ1n) is 10.5. The molecule has 0 bridgehead atoms. The monoisotopic (exact) mass is 434 g/mol. The van der Waals surface area contributed by atoms with Gasteiger partial charge in [0.2, 0.25) is 11.8 Å². The van der Waals surface area contributed by atoms with Gasteiger partial charge in [-0.25, -0.2) is 4.79 Å². The van der Waals surface area contributed by atoms with Crippen molar-refractivity contribution in [3.8, 4) is 5.75 Å². The molecule has 172 valence electrons. The maximum absolute atomic E-state index is 13.3. The van der Waals surface area contributed by atoms with Crippen molar-refractivity contribution < 1.29 is 24.2 Å². The number of carbonyl (C=O) groups is 3. The lowest BCUT2D eigenvalue weighted by molar-refractivity contribution is -0.155. The van der Waals surface area contributed by atoms with Crippen molar-refractivity contribution in [1.29, 1.82) is 0 Å². The number of aliphatic carboxylic acids is 1. The normalized spacial score (nSPS) is 19.0. The molecule has 0 radical (unpaired) electrons. The van der Waals surface area contributed by atoms with Crippen molar-refractivity contribution in [3.63, 3.8) is 0 Å².